The number of carbonyl (C=O) groups excluding carboxylic acids is 1. The Morgan fingerprint density at radius 3 is 2.50 bits per heavy atom. The number of amides is 2. The number of rotatable bonds is 6. The smallest absolute Gasteiger partial charge is 0.419 e. The quantitative estimate of drug-likeness (QED) is 0.506. The largest absolute Gasteiger partial charge is 0.465 e. The van der Waals surface area contributed by atoms with E-state index < -0.39 is 29.3 Å². The second kappa shape index (κ2) is 9.41. The molecule has 176 valence electrons. The SMILES string of the molecule is Cn1c(=O)oc2ccc(-c3ccc(CC(C#N)NC(=O)C4(NC(=O)O)CCOCC4)cc3)cc21. The third-order valence-corrected chi connectivity index (χ3v) is 6.11. The van der Waals surface area contributed by atoms with Crippen LogP contribution in [0.1, 0.15) is 18.4 Å². The fourth-order valence-corrected chi connectivity index (χ4v) is 4.13. The molecule has 0 bridgehead atoms. The third kappa shape index (κ3) is 4.65. The lowest BCUT2D eigenvalue weighted by molar-refractivity contribution is -0.131. The number of oxazole rings is 1. The molecule has 0 spiro atoms. The van der Waals surface area contributed by atoms with Crippen LogP contribution in [0, 0.1) is 11.3 Å². The summed E-state index contributed by atoms with van der Waals surface area (Å²) >= 11 is 0. The fourth-order valence-electron chi connectivity index (χ4n) is 4.13. The summed E-state index contributed by atoms with van der Waals surface area (Å²) in [4.78, 5) is 35.9. The van der Waals surface area contributed by atoms with Crippen molar-refractivity contribution in [2.45, 2.75) is 30.8 Å². The van der Waals surface area contributed by atoms with Crippen molar-refractivity contribution in [1.29, 1.82) is 5.26 Å². The van der Waals surface area contributed by atoms with Gasteiger partial charge in [-0.3, -0.25) is 9.36 Å². The van der Waals surface area contributed by atoms with Gasteiger partial charge in [-0.15, -0.1) is 0 Å². The summed E-state index contributed by atoms with van der Waals surface area (Å²) in [5, 5.41) is 23.8. The lowest BCUT2D eigenvalue weighted by atomic mass is 9.88. The van der Waals surface area contributed by atoms with E-state index in [0.717, 1.165) is 16.7 Å². The summed E-state index contributed by atoms with van der Waals surface area (Å²) in [6, 6.07) is 14.3. The summed E-state index contributed by atoms with van der Waals surface area (Å²) in [6.07, 6.45) is -0.637. The van der Waals surface area contributed by atoms with Crippen LogP contribution in [0.25, 0.3) is 22.2 Å². The van der Waals surface area contributed by atoms with Gasteiger partial charge in [0.25, 0.3) is 0 Å². The molecule has 0 radical (unpaired) electrons. The predicted octanol–water partition coefficient (Wildman–Crippen LogP) is 2.17. The van der Waals surface area contributed by atoms with Crippen molar-refractivity contribution < 1.29 is 23.8 Å². The number of fused-ring (bicyclic) bond motifs is 1. The highest BCUT2D eigenvalue weighted by Gasteiger charge is 2.42. The van der Waals surface area contributed by atoms with E-state index in [1.54, 1.807) is 13.1 Å². The van der Waals surface area contributed by atoms with E-state index in [9.17, 15) is 24.8 Å². The molecule has 1 fully saturated rings. The maximum Gasteiger partial charge on any atom is 0.419 e. The van der Waals surface area contributed by atoms with Crippen LogP contribution in [0.2, 0.25) is 0 Å². The van der Waals surface area contributed by atoms with Crippen molar-refractivity contribution in [2.75, 3.05) is 13.2 Å². The first-order chi connectivity index (χ1) is 16.3. The van der Waals surface area contributed by atoms with Gasteiger partial charge >= 0.3 is 11.8 Å². The van der Waals surface area contributed by atoms with E-state index in [-0.39, 0.29) is 32.5 Å². The molecule has 10 heteroatoms. The van der Waals surface area contributed by atoms with Gasteiger partial charge < -0.3 is 24.9 Å². The number of nitriles is 1. The molecule has 4 rings (SSSR count). The fraction of sp³-hybridized carbons (Fsp3) is 0.333. The highest BCUT2D eigenvalue weighted by Crippen LogP contribution is 2.25. The first-order valence-electron chi connectivity index (χ1n) is 10.8. The highest BCUT2D eigenvalue weighted by atomic mass is 16.5. The normalized spacial score (nSPS) is 15.9. The Kier molecular flexibility index (Phi) is 6.38. The maximum absolute atomic E-state index is 12.9. The van der Waals surface area contributed by atoms with E-state index in [1.807, 2.05) is 36.4 Å². The minimum absolute atomic E-state index is 0.199. The predicted molar refractivity (Wildman–Crippen MR) is 122 cm³/mol. The maximum atomic E-state index is 12.9. The minimum atomic E-state index is -1.31. The van der Waals surface area contributed by atoms with Crippen LogP contribution in [-0.2, 0) is 23.0 Å². The van der Waals surface area contributed by atoms with E-state index in [1.165, 1.54) is 4.57 Å². The average molecular weight is 464 g/mol. The van der Waals surface area contributed by atoms with Crippen molar-refractivity contribution in [3.8, 4) is 17.2 Å². The molecular formula is C24H24N4O6. The molecule has 0 saturated carbocycles. The summed E-state index contributed by atoms with van der Waals surface area (Å²) < 4.78 is 11.9. The molecular weight excluding hydrogens is 440 g/mol. The van der Waals surface area contributed by atoms with Crippen LogP contribution < -0.4 is 16.4 Å². The molecule has 34 heavy (non-hydrogen) atoms. The number of hydrogen-bond donors (Lipinski definition) is 3. The van der Waals surface area contributed by atoms with Crippen LogP contribution in [0.5, 0.6) is 0 Å². The third-order valence-electron chi connectivity index (χ3n) is 6.11. The van der Waals surface area contributed by atoms with Crippen molar-refractivity contribution in [1.82, 2.24) is 15.2 Å². The second-order valence-electron chi connectivity index (χ2n) is 8.29. The standard InChI is InChI=1S/C24H24N4O6/c1-28-19-13-17(6-7-20(19)34-23(28)32)16-4-2-15(3-5-16)12-18(14-25)26-21(29)24(27-22(30)31)8-10-33-11-9-24/h2-7,13,18,27H,8-12H2,1H3,(H,26,29)(H,30,31). The molecule has 3 N–H and O–H groups in total. The monoisotopic (exact) mass is 464 g/mol. The van der Waals surface area contributed by atoms with Crippen LogP contribution in [-0.4, -0.2) is 46.5 Å². The molecule has 3 aromatic rings. The number of nitrogens with one attached hydrogen (secondary N) is 2. The molecule has 1 aliphatic rings. The lowest BCUT2D eigenvalue weighted by Crippen LogP contribution is -2.62. The molecule has 1 saturated heterocycles. The Balaban J connectivity index is 1.47. The van der Waals surface area contributed by atoms with E-state index in [0.29, 0.717) is 11.1 Å². The molecule has 1 aromatic heterocycles. The molecule has 1 aliphatic heterocycles. The molecule has 0 aliphatic carbocycles. The van der Waals surface area contributed by atoms with Crippen LogP contribution >= 0.6 is 0 Å². The lowest BCUT2D eigenvalue weighted by Gasteiger charge is -2.36. The number of aromatic nitrogens is 1. The molecule has 1 atom stereocenters. The van der Waals surface area contributed by atoms with E-state index >= 15 is 0 Å². The number of benzene rings is 2. The number of nitrogens with zero attached hydrogens (tertiary/aromatic N) is 2. The molecule has 1 unspecified atom stereocenters. The van der Waals surface area contributed by atoms with Gasteiger partial charge in [0.05, 0.1) is 11.6 Å². The van der Waals surface area contributed by atoms with Gasteiger partial charge in [-0.25, -0.2) is 9.59 Å². The number of hydrogen-bond acceptors (Lipinski definition) is 6. The highest BCUT2D eigenvalue weighted by molar-refractivity contribution is 5.90. The van der Waals surface area contributed by atoms with Gasteiger partial charge in [-0.2, -0.15) is 5.26 Å². The van der Waals surface area contributed by atoms with Crippen LogP contribution in [0.15, 0.2) is 51.7 Å². The zero-order chi connectivity index (χ0) is 24.3. The van der Waals surface area contributed by atoms with Gasteiger partial charge in [0.15, 0.2) is 5.58 Å². The Morgan fingerprint density at radius 2 is 1.85 bits per heavy atom. The first kappa shape index (κ1) is 23.1. The Bertz CT molecular complexity index is 1310. The number of ether oxygens (including phenoxy) is 1. The van der Waals surface area contributed by atoms with Gasteiger partial charge in [0, 0.05) is 39.5 Å². The second-order valence-corrected chi connectivity index (χ2v) is 8.29. The van der Waals surface area contributed by atoms with Crippen molar-refractivity contribution >= 4 is 23.1 Å². The zero-order valence-electron chi connectivity index (χ0n) is 18.5. The number of carbonyl (C=O) groups is 2. The summed E-state index contributed by atoms with van der Waals surface area (Å²) in [5.74, 6) is -0.950. The molecule has 2 amide bonds. The van der Waals surface area contributed by atoms with Gasteiger partial charge in [-0.1, -0.05) is 30.3 Å². The van der Waals surface area contributed by atoms with Crippen molar-refractivity contribution in [3.05, 3.63) is 58.6 Å². The average Bonchev–Trinajstić information content (AvgIpc) is 3.12. The Labute approximate surface area is 194 Å². The van der Waals surface area contributed by atoms with Gasteiger partial charge in [0.2, 0.25) is 5.91 Å². The summed E-state index contributed by atoms with van der Waals surface area (Å²) in [6.45, 7) is 0.510. The number of aryl methyl sites for hydroxylation is 1. The molecule has 2 heterocycles. The van der Waals surface area contributed by atoms with Gasteiger partial charge in [-0.05, 0) is 28.8 Å². The molecule has 2 aromatic carbocycles. The van der Waals surface area contributed by atoms with Gasteiger partial charge in [0.1, 0.15) is 11.6 Å². The van der Waals surface area contributed by atoms with Crippen molar-refractivity contribution in [2.24, 2.45) is 7.05 Å². The van der Waals surface area contributed by atoms with E-state index in [4.69, 9.17) is 9.15 Å². The first-order valence-corrected chi connectivity index (χ1v) is 10.8. The topological polar surface area (TPSA) is 147 Å². The van der Waals surface area contributed by atoms with E-state index in [2.05, 4.69) is 16.7 Å². The Hall–Kier alpha value is -4.10. The van der Waals surface area contributed by atoms with Crippen LogP contribution in [0.4, 0.5) is 4.79 Å². The minimum Gasteiger partial charge on any atom is -0.465 e. The number of carboxylic acid groups (broad SMARTS) is 1. The zero-order valence-corrected chi connectivity index (χ0v) is 18.5. The summed E-state index contributed by atoms with van der Waals surface area (Å²) in [5.41, 5.74) is 2.55. The summed E-state index contributed by atoms with van der Waals surface area (Å²) in [7, 11) is 1.65. The van der Waals surface area contributed by atoms with Crippen molar-refractivity contribution in [3.63, 3.8) is 0 Å². The molecule has 10 nitrogen and oxygen atoms in total. The van der Waals surface area contributed by atoms with Crippen LogP contribution in [0.3, 0.4) is 0 Å². The Morgan fingerprint density at radius 1 is 1.18 bits per heavy atom.